The molecule has 3 aromatic carbocycles. The molecule has 0 amide bonds. The number of H-pyrrole nitrogens is 1. The van der Waals surface area contributed by atoms with Gasteiger partial charge in [-0.05, 0) is 41.0 Å². The first-order valence-corrected chi connectivity index (χ1v) is 14.8. The SMILES string of the molecule is COc1ccc(C(OC[C@H]2O[C@@H](n3ncc4c(=O)[nH]c(N=CN(C)C)nc43)CC2O)(c2ccccc2)c2ccc(OC)cc2)cc1. The van der Waals surface area contributed by atoms with Crippen LogP contribution in [0.5, 0.6) is 11.5 Å². The Morgan fingerprint density at radius 1 is 1.00 bits per heavy atom. The van der Waals surface area contributed by atoms with E-state index in [1.54, 1.807) is 25.5 Å². The lowest BCUT2D eigenvalue weighted by atomic mass is 9.80. The van der Waals surface area contributed by atoms with Crippen LogP contribution in [0.15, 0.2) is 94.8 Å². The summed E-state index contributed by atoms with van der Waals surface area (Å²) in [7, 11) is 6.88. The summed E-state index contributed by atoms with van der Waals surface area (Å²) in [6, 6.07) is 25.4. The molecule has 0 bridgehead atoms. The molecule has 1 aliphatic rings. The van der Waals surface area contributed by atoms with Gasteiger partial charge in [-0.1, -0.05) is 54.6 Å². The lowest BCUT2D eigenvalue weighted by Crippen LogP contribution is -2.38. The number of aliphatic hydroxyl groups is 1. The number of nitrogens with one attached hydrogen (secondary N) is 1. The highest BCUT2D eigenvalue weighted by Crippen LogP contribution is 2.43. The summed E-state index contributed by atoms with van der Waals surface area (Å²) < 4.78 is 25.7. The quantitative estimate of drug-likeness (QED) is 0.127. The number of aromatic nitrogens is 4. The van der Waals surface area contributed by atoms with E-state index >= 15 is 0 Å². The van der Waals surface area contributed by atoms with Gasteiger partial charge in [-0.3, -0.25) is 9.78 Å². The van der Waals surface area contributed by atoms with Crippen molar-refractivity contribution < 1.29 is 24.1 Å². The van der Waals surface area contributed by atoms with Crippen LogP contribution in [0.4, 0.5) is 5.95 Å². The van der Waals surface area contributed by atoms with Gasteiger partial charge >= 0.3 is 0 Å². The van der Waals surface area contributed by atoms with E-state index in [0.29, 0.717) is 22.5 Å². The topological polar surface area (TPSA) is 136 Å². The number of methoxy groups -OCH3 is 2. The first-order chi connectivity index (χ1) is 22.3. The van der Waals surface area contributed by atoms with E-state index in [4.69, 9.17) is 18.9 Å². The molecule has 1 saturated heterocycles. The molecule has 0 spiro atoms. The fourth-order valence-electron chi connectivity index (χ4n) is 5.66. The molecule has 3 atom stereocenters. The molecule has 2 N–H and O–H groups in total. The van der Waals surface area contributed by atoms with Crippen LogP contribution < -0.4 is 15.0 Å². The summed E-state index contributed by atoms with van der Waals surface area (Å²) in [5.41, 5.74) is 1.48. The van der Waals surface area contributed by atoms with Crippen molar-refractivity contribution in [1.82, 2.24) is 24.6 Å². The zero-order chi connectivity index (χ0) is 32.3. The molecule has 1 unspecified atom stereocenters. The van der Waals surface area contributed by atoms with Crippen molar-refractivity contribution in [3.63, 3.8) is 0 Å². The Morgan fingerprint density at radius 2 is 1.61 bits per heavy atom. The third kappa shape index (κ3) is 5.97. The van der Waals surface area contributed by atoms with Crippen LogP contribution in [0.25, 0.3) is 11.0 Å². The molecule has 2 aromatic heterocycles. The molecule has 5 aromatic rings. The van der Waals surface area contributed by atoms with E-state index in [1.807, 2.05) is 93.0 Å². The minimum absolute atomic E-state index is 0.0379. The first kappa shape index (κ1) is 31.0. The van der Waals surface area contributed by atoms with E-state index < -0.39 is 24.0 Å². The fourth-order valence-corrected chi connectivity index (χ4v) is 5.66. The minimum atomic E-state index is -1.08. The Hall–Kier alpha value is -5.04. The highest BCUT2D eigenvalue weighted by Gasteiger charge is 2.42. The van der Waals surface area contributed by atoms with Crippen LogP contribution in [-0.2, 0) is 15.1 Å². The molecule has 1 aliphatic heterocycles. The van der Waals surface area contributed by atoms with Crippen LogP contribution in [0, 0.1) is 0 Å². The van der Waals surface area contributed by atoms with Gasteiger partial charge in [0, 0.05) is 20.5 Å². The molecule has 3 heterocycles. The molecule has 0 radical (unpaired) electrons. The molecular weight excluding hydrogens is 588 g/mol. The van der Waals surface area contributed by atoms with Crippen LogP contribution in [0.1, 0.15) is 29.3 Å². The smallest absolute Gasteiger partial charge is 0.263 e. The van der Waals surface area contributed by atoms with Gasteiger partial charge in [0.1, 0.15) is 28.6 Å². The Kier molecular flexibility index (Phi) is 8.84. The average Bonchev–Trinajstić information content (AvgIpc) is 3.68. The van der Waals surface area contributed by atoms with E-state index in [0.717, 1.165) is 16.7 Å². The number of hydrogen-bond donors (Lipinski definition) is 2. The normalized spacial score (nSPS) is 18.3. The zero-order valence-corrected chi connectivity index (χ0v) is 26.0. The van der Waals surface area contributed by atoms with Gasteiger partial charge in [0.25, 0.3) is 5.56 Å². The molecule has 238 valence electrons. The molecule has 6 rings (SSSR count). The van der Waals surface area contributed by atoms with E-state index in [-0.39, 0.29) is 24.5 Å². The highest BCUT2D eigenvalue weighted by atomic mass is 16.6. The fraction of sp³-hybridized carbons (Fsp3) is 0.294. The Balaban J connectivity index is 1.35. The lowest BCUT2D eigenvalue weighted by Gasteiger charge is -2.37. The van der Waals surface area contributed by atoms with E-state index in [9.17, 15) is 9.90 Å². The summed E-state index contributed by atoms with van der Waals surface area (Å²) >= 11 is 0. The Bertz CT molecular complexity index is 1810. The van der Waals surface area contributed by atoms with Gasteiger partial charge in [0.05, 0.1) is 39.5 Å². The standard InChI is InChI=1S/C34H36N6O6/c1-39(2)21-35-33-37-31-27(32(42)38-33)19-36-40(31)30-18-28(41)29(46-30)20-45-34(22-8-6-5-7-9-22,23-10-14-25(43-3)15-11-23)24-12-16-26(44-4)17-13-24/h5-17,19,21,28-30,41H,18,20H2,1-4H3,(H,37,38,42)/t28?,29-,30-/m1/s1. The number of hydrogen-bond acceptors (Lipinski definition) is 9. The van der Waals surface area contributed by atoms with Gasteiger partial charge < -0.3 is 29.0 Å². The van der Waals surface area contributed by atoms with E-state index in [2.05, 4.69) is 20.1 Å². The summed E-state index contributed by atoms with van der Waals surface area (Å²) in [4.78, 5) is 25.9. The summed E-state index contributed by atoms with van der Waals surface area (Å²) in [6.45, 7) is 0.0379. The Morgan fingerprint density at radius 3 is 2.20 bits per heavy atom. The first-order valence-electron chi connectivity index (χ1n) is 14.8. The Labute approximate surface area is 265 Å². The largest absolute Gasteiger partial charge is 0.497 e. The third-order valence-electron chi connectivity index (χ3n) is 7.98. The molecular formula is C34H36N6O6. The number of ether oxygens (including phenoxy) is 4. The van der Waals surface area contributed by atoms with Crippen molar-refractivity contribution in [2.75, 3.05) is 34.9 Å². The molecule has 46 heavy (non-hydrogen) atoms. The van der Waals surface area contributed by atoms with Crippen molar-refractivity contribution >= 4 is 23.3 Å². The molecule has 12 nitrogen and oxygen atoms in total. The molecule has 12 heteroatoms. The van der Waals surface area contributed by atoms with Crippen molar-refractivity contribution in [1.29, 1.82) is 0 Å². The predicted octanol–water partition coefficient (Wildman–Crippen LogP) is 4.02. The van der Waals surface area contributed by atoms with Gasteiger partial charge in [0.2, 0.25) is 5.95 Å². The molecule has 1 fully saturated rings. The van der Waals surface area contributed by atoms with Crippen LogP contribution >= 0.6 is 0 Å². The van der Waals surface area contributed by atoms with Crippen LogP contribution in [0.3, 0.4) is 0 Å². The summed E-state index contributed by atoms with van der Waals surface area (Å²) in [5, 5.41) is 15.9. The number of rotatable bonds is 11. The van der Waals surface area contributed by atoms with Gasteiger partial charge in [-0.2, -0.15) is 10.1 Å². The van der Waals surface area contributed by atoms with Gasteiger partial charge in [0.15, 0.2) is 11.9 Å². The average molecular weight is 625 g/mol. The monoisotopic (exact) mass is 624 g/mol. The third-order valence-corrected chi connectivity index (χ3v) is 7.98. The van der Waals surface area contributed by atoms with Gasteiger partial charge in [-0.15, -0.1) is 0 Å². The van der Waals surface area contributed by atoms with Crippen molar-refractivity contribution in [2.45, 2.75) is 30.5 Å². The lowest BCUT2D eigenvalue weighted by molar-refractivity contribution is -0.0949. The van der Waals surface area contributed by atoms with E-state index in [1.165, 1.54) is 10.9 Å². The van der Waals surface area contributed by atoms with Crippen molar-refractivity contribution in [3.8, 4) is 11.5 Å². The maximum absolute atomic E-state index is 12.7. The second-order valence-corrected chi connectivity index (χ2v) is 11.2. The zero-order valence-electron chi connectivity index (χ0n) is 26.0. The van der Waals surface area contributed by atoms with Gasteiger partial charge in [-0.25, -0.2) is 9.67 Å². The molecule has 0 aliphatic carbocycles. The highest BCUT2D eigenvalue weighted by molar-refractivity contribution is 5.74. The van der Waals surface area contributed by atoms with Crippen LogP contribution in [-0.4, -0.2) is 83.2 Å². The number of fused-ring (bicyclic) bond motifs is 1. The number of nitrogens with zero attached hydrogens (tertiary/aromatic N) is 5. The summed E-state index contributed by atoms with van der Waals surface area (Å²) in [5.74, 6) is 1.57. The number of aliphatic hydroxyl groups excluding tert-OH is 1. The predicted molar refractivity (Wildman–Crippen MR) is 173 cm³/mol. The van der Waals surface area contributed by atoms with Crippen molar-refractivity contribution in [2.24, 2.45) is 4.99 Å². The maximum atomic E-state index is 12.7. The number of aliphatic imine (C=N–C) groups is 1. The minimum Gasteiger partial charge on any atom is -0.497 e. The van der Waals surface area contributed by atoms with Crippen molar-refractivity contribution in [3.05, 3.63) is 112 Å². The maximum Gasteiger partial charge on any atom is 0.263 e. The molecule has 0 saturated carbocycles. The number of aromatic amines is 1. The van der Waals surface area contributed by atoms with Crippen LogP contribution in [0.2, 0.25) is 0 Å². The number of benzene rings is 3. The second kappa shape index (κ2) is 13.1. The summed E-state index contributed by atoms with van der Waals surface area (Å²) in [6.07, 6.45) is 0.926. The second-order valence-electron chi connectivity index (χ2n) is 11.2.